The van der Waals surface area contributed by atoms with E-state index in [4.69, 9.17) is 5.84 Å². The maximum atomic E-state index is 12.1. The number of hydrogen-bond donors (Lipinski definition) is 2. The number of hydrazine groups is 1. The zero-order valence-corrected chi connectivity index (χ0v) is 10.2. The molecule has 0 aliphatic rings. The van der Waals surface area contributed by atoms with Crippen molar-refractivity contribution >= 4 is 5.91 Å². The van der Waals surface area contributed by atoms with Crippen LogP contribution in [0.15, 0.2) is 24.3 Å². The highest BCUT2D eigenvalue weighted by Crippen LogP contribution is 2.08. The molecular weight excluding hydrogens is 240 g/mol. The molecule has 4 nitrogen and oxygen atoms in total. The van der Waals surface area contributed by atoms with Crippen molar-refractivity contribution in [2.45, 2.75) is 19.4 Å². The Labute approximate surface area is 105 Å². The molecule has 0 aliphatic heterocycles. The Morgan fingerprint density at radius 2 is 1.89 bits per heavy atom. The quantitative estimate of drug-likeness (QED) is 0.452. The lowest BCUT2D eigenvalue weighted by Gasteiger charge is -2.16. The van der Waals surface area contributed by atoms with E-state index in [-0.39, 0.29) is 18.9 Å². The molecule has 0 fully saturated rings. The molecule has 100 valence electrons. The lowest BCUT2D eigenvalue weighted by Crippen LogP contribution is -2.31. The monoisotopic (exact) mass is 257 g/mol. The Bertz CT molecular complexity index is 381. The van der Waals surface area contributed by atoms with Gasteiger partial charge in [0.25, 0.3) is 6.43 Å². The van der Waals surface area contributed by atoms with Gasteiger partial charge in [0, 0.05) is 6.54 Å². The molecule has 0 aliphatic carbocycles. The molecule has 0 spiro atoms. The normalized spacial score (nSPS) is 11.0. The first-order chi connectivity index (χ1) is 8.51. The van der Waals surface area contributed by atoms with Gasteiger partial charge in [-0.25, -0.2) is 14.6 Å². The van der Waals surface area contributed by atoms with E-state index in [1.807, 2.05) is 12.1 Å². The maximum Gasteiger partial charge on any atom is 0.251 e. The van der Waals surface area contributed by atoms with Crippen LogP contribution in [0.1, 0.15) is 11.1 Å². The van der Waals surface area contributed by atoms with Crippen LogP contribution in [0, 0.1) is 0 Å². The van der Waals surface area contributed by atoms with Crippen LogP contribution < -0.4 is 11.3 Å². The molecule has 1 amide bonds. The Hall–Kier alpha value is -1.53. The van der Waals surface area contributed by atoms with Crippen molar-refractivity contribution in [2.75, 3.05) is 13.6 Å². The van der Waals surface area contributed by atoms with Crippen LogP contribution in [0.4, 0.5) is 8.78 Å². The third-order valence-electron chi connectivity index (χ3n) is 2.45. The van der Waals surface area contributed by atoms with E-state index >= 15 is 0 Å². The van der Waals surface area contributed by atoms with Gasteiger partial charge in [0.2, 0.25) is 5.91 Å². The molecule has 1 aromatic carbocycles. The summed E-state index contributed by atoms with van der Waals surface area (Å²) in [7, 11) is 1.64. The summed E-state index contributed by atoms with van der Waals surface area (Å²) in [6, 6.07) is 7.23. The highest BCUT2D eigenvalue weighted by Gasteiger charge is 2.08. The summed E-state index contributed by atoms with van der Waals surface area (Å²) in [4.78, 5) is 12.6. The van der Waals surface area contributed by atoms with Gasteiger partial charge in [0.1, 0.15) is 0 Å². The molecule has 0 saturated carbocycles. The van der Waals surface area contributed by atoms with E-state index in [0.717, 1.165) is 11.1 Å². The van der Waals surface area contributed by atoms with Gasteiger partial charge in [-0.3, -0.25) is 15.1 Å². The highest BCUT2D eigenvalue weighted by molar-refractivity contribution is 5.77. The lowest BCUT2D eigenvalue weighted by atomic mass is 10.1. The zero-order valence-electron chi connectivity index (χ0n) is 10.2. The van der Waals surface area contributed by atoms with Gasteiger partial charge in [-0.2, -0.15) is 0 Å². The first-order valence-corrected chi connectivity index (χ1v) is 5.55. The van der Waals surface area contributed by atoms with Crippen molar-refractivity contribution in [3.63, 3.8) is 0 Å². The largest absolute Gasteiger partial charge is 0.297 e. The van der Waals surface area contributed by atoms with Crippen molar-refractivity contribution in [3.8, 4) is 0 Å². The average molecular weight is 257 g/mol. The Morgan fingerprint density at radius 1 is 1.33 bits per heavy atom. The number of carbonyl (C=O) groups is 1. The van der Waals surface area contributed by atoms with E-state index in [2.05, 4.69) is 5.43 Å². The van der Waals surface area contributed by atoms with Crippen LogP contribution in [0.2, 0.25) is 0 Å². The molecule has 0 atom stereocenters. The van der Waals surface area contributed by atoms with Crippen LogP contribution in [0.3, 0.4) is 0 Å². The fourth-order valence-corrected chi connectivity index (χ4v) is 1.61. The van der Waals surface area contributed by atoms with E-state index < -0.39 is 6.43 Å². The fourth-order valence-electron chi connectivity index (χ4n) is 1.61. The fraction of sp³-hybridized carbons (Fsp3) is 0.417. The number of nitrogens with zero attached hydrogens (tertiary/aromatic N) is 1. The SMILES string of the molecule is CN(Cc1ccc(CC(=O)NN)cc1)CC(F)F. The molecule has 3 N–H and O–H groups in total. The molecule has 6 heteroatoms. The number of amides is 1. The van der Waals surface area contributed by atoms with E-state index in [1.165, 1.54) is 0 Å². The van der Waals surface area contributed by atoms with Crippen molar-refractivity contribution < 1.29 is 13.6 Å². The predicted octanol–water partition coefficient (Wildman–Crippen LogP) is 0.916. The topological polar surface area (TPSA) is 58.4 Å². The van der Waals surface area contributed by atoms with Crippen LogP contribution in [0.5, 0.6) is 0 Å². The van der Waals surface area contributed by atoms with Crippen molar-refractivity contribution in [1.82, 2.24) is 10.3 Å². The summed E-state index contributed by atoms with van der Waals surface area (Å²) < 4.78 is 24.3. The molecule has 0 heterocycles. The molecular formula is C12H17F2N3O. The first-order valence-electron chi connectivity index (χ1n) is 5.55. The van der Waals surface area contributed by atoms with Gasteiger partial charge >= 0.3 is 0 Å². The molecule has 0 radical (unpaired) electrons. The van der Waals surface area contributed by atoms with E-state index in [1.54, 1.807) is 24.1 Å². The number of nitrogens with one attached hydrogen (secondary N) is 1. The Morgan fingerprint density at radius 3 is 2.39 bits per heavy atom. The minimum atomic E-state index is -2.33. The third-order valence-corrected chi connectivity index (χ3v) is 2.45. The van der Waals surface area contributed by atoms with Gasteiger partial charge in [0.15, 0.2) is 0 Å². The first kappa shape index (κ1) is 14.5. The van der Waals surface area contributed by atoms with Crippen LogP contribution in [-0.2, 0) is 17.8 Å². The lowest BCUT2D eigenvalue weighted by molar-refractivity contribution is -0.120. The van der Waals surface area contributed by atoms with Crippen LogP contribution >= 0.6 is 0 Å². The number of benzene rings is 1. The van der Waals surface area contributed by atoms with Gasteiger partial charge in [-0.1, -0.05) is 24.3 Å². The number of halogens is 2. The molecule has 0 aromatic heterocycles. The molecule has 1 aromatic rings. The van der Waals surface area contributed by atoms with E-state index in [0.29, 0.717) is 6.54 Å². The minimum absolute atomic E-state index is 0.212. The van der Waals surface area contributed by atoms with Gasteiger partial charge in [-0.15, -0.1) is 0 Å². The third kappa shape index (κ3) is 5.20. The Balaban J connectivity index is 2.52. The molecule has 18 heavy (non-hydrogen) atoms. The van der Waals surface area contributed by atoms with Crippen LogP contribution in [-0.4, -0.2) is 30.8 Å². The van der Waals surface area contributed by atoms with Gasteiger partial charge < -0.3 is 0 Å². The summed E-state index contributed by atoms with van der Waals surface area (Å²) in [5, 5.41) is 0. The number of rotatable bonds is 6. The smallest absolute Gasteiger partial charge is 0.251 e. The minimum Gasteiger partial charge on any atom is -0.297 e. The highest BCUT2D eigenvalue weighted by atomic mass is 19.3. The standard InChI is InChI=1S/C12H17F2N3O/c1-17(8-11(13)14)7-10-4-2-9(3-5-10)6-12(18)16-15/h2-5,11H,6-8,15H2,1H3,(H,16,18). The second-order valence-corrected chi connectivity index (χ2v) is 4.15. The summed E-state index contributed by atoms with van der Waals surface area (Å²) in [5.41, 5.74) is 3.81. The second-order valence-electron chi connectivity index (χ2n) is 4.15. The van der Waals surface area contributed by atoms with Gasteiger partial charge in [0.05, 0.1) is 13.0 Å². The summed E-state index contributed by atoms with van der Waals surface area (Å²) in [5.74, 6) is 4.72. The van der Waals surface area contributed by atoms with Crippen molar-refractivity contribution in [1.29, 1.82) is 0 Å². The van der Waals surface area contributed by atoms with Crippen LogP contribution in [0.25, 0.3) is 0 Å². The molecule has 0 bridgehead atoms. The maximum absolute atomic E-state index is 12.1. The van der Waals surface area contributed by atoms with Gasteiger partial charge in [-0.05, 0) is 18.2 Å². The molecule has 1 rings (SSSR count). The number of nitrogens with two attached hydrogens (primary N) is 1. The van der Waals surface area contributed by atoms with Crippen molar-refractivity contribution in [3.05, 3.63) is 35.4 Å². The molecule has 0 unspecified atom stereocenters. The average Bonchev–Trinajstić information content (AvgIpc) is 2.30. The van der Waals surface area contributed by atoms with Crippen molar-refractivity contribution in [2.24, 2.45) is 5.84 Å². The molecule has 0 saturated heterocycles. The number of hydrogen-bond acceptors (Lipinski definition) is 3. The number of alkyl halides is 2. The Kier molecular flexibility index (Phi) is 5.67. The number of carbonyl (C=O) groups excluding carboxylic acids is 1. The summed E-state index contributed by atoms with van der Waals surface area (Å²) >= 11 is 0. The summed E-state index contributed by atoms with van der Waals surface area (Å²) in [6.45, 7) is 0.199. The second kappa shape index (κ2) is 7.03. The summed E-state index contributed by atoms with van der Waals surface area (Å²) in [6.07, 6.45) is -2.12. The zero-order chi connectivity index (χ0) is 13.5. The van der Waals surface area contributed by atoms with E-state index in [9.17, 15) is 13.6 Å². The predicted molar refractivity (Wildman–Crippen MR) is 64.8 cm³/mol.